The summed E-state index contributed by atoms with van der Waals surface area (Å²) in [6, 6.07) is 8.61. The van der Waals surface area contributed by atoms with E-state index in [1.807, 2.05) is 6.92 Å². The summed E-state index contributed by atoms with van der Waals surface area (Å²) in [4.78, 5) is 15.8. The number of pyridine rings is 1. The molecule has 2 aromatic rings. The number of benzene rings is 1. The summed E-state index contributed by atoms with van der Waals surface area (Å²) in [5.41, 5.74) is 4.04. The Labute approximate surface area is 153 Å². The number of aromatic nitrogens is 1. The Morgan fingerprint density at radius 3 is 2.81 bits per heavy atom. The highest BCUT2D eigenvalue weighted by Gasteiger charge is 2.11. The second-order valence-corrected chi connectivity index (χ2v) is 6.15. The average Bonchev–Trinajstić information content (AvgIpc) is 2.63. The lowest BCUT2D eigenvalue weighted by Gasteiger charge is -2.12. The first-order valence-electron chi connectivity index (χ1n) is 8.59. The molecule has 0 saturated heterocycles. The summed E-state index contributed by atoms with van der Waals surface area (Å²) in [5, 5.41) is 12.2. The molecule has 26 heavy (non-hydrogen) atoms. The SMILES string of the molecule is CCCCNC(=O)/C(C)=C/c1cc(C#N)cc(-c2ccnc(F)c2)c1C. The Morgan fingerprint density at radius 2 is 2.15 bits per heavy atom. The summed E-state index contributed by atoms with van der Waals surface area (Å²) in [5.74, 6) is -0.704. The third-order valence-electron chi connectivity index (χ3n) is 4.16. The van der Waals surface area contributed by atoms with Gasteiger partial charge in [0.15, 0.2) is 0 Å². The quantitative estimate of drug-likeness (QED) is 0.477. The zero-order valence-electron chi connectivity index (χ0n) is 15.3. The number of hydrogen-bond acceptors (Lipinski definition) is 3. The number of rotatable bonds is 6. The number of nitrogens with zero attached hydrogens (tertiary/aromatic N) is 2. The van der Waals surface area contributed by atoms with Gasteiger partial charge in [-0.2, -0.15) is 9.65 Å². The van der Waals surface area contributed by atoms with Gasteiger partial charge in [-0.05, 0) is 66.8 Å². The van der Waals surface area contributed by atoms with Crippen LogP contribution in [0.5, 0.6) is 0 Å². The fourth-order valence-corrected chi connectivity index (χ4v) is 2.64. The van der Waals surface area contributed by atoms with Crippen molar-refractivity contribution in [1.82, 2.24) is 10.3 Å². The largest absolute Gasteiger partial charge is 0.352 e. The van der Waals surface area contributed by atoms with Crippen molar-refractivity contribution in [2.75, 3.05) is 6.54 Å². The Bertz CT molecular complexity index is 881. The van der Waals surface area contributed by atoms with Crippen LogP contribution in [0.25, 0.3) is 17.2 Å². The molecule has 1 N–H and O–H groups in total. The van der Waals surface area contributed by atoms with Crippen LogP contribution in [0.4, 0.5) is 4.39 Å². The number of unbranched alkanes of at least 4 members (excludes halogenated alkanes) is 1. The maximum atomic E-state index is 13.5. The maximum Gasteiger partial charge on any atom is 0.246 e. The highest BCUT2D eigenvalue weighted by Crippen LogP contribution is 2.29. The molecule has 0 aliphatic rings. The third-order valence-corrected chi connectivity index (χ3v) is 4.16. The fraction of sp³-hybridized carbons (Fsp3) is 0.286. The smallest absolute Gasteiger partial charge is 0.246 e. The van der Waals surface area contributed by atoms with E-state index in [1.54, 1.807) is 31.2 Å². The van der Waals surface area contributed by atoms with Crippen LogP contribution < -0.4 is 5.32 Å². The minimum absolute atomic E-state index is 0.128. The molecule has 0 unspecified atom stereocenters. The van der Waals surface area contributed by atoms with Gasteiger partial charge < -0.3 is 5.32 Å². The highest BCUT2D eigenvalue weighted by atomic mass is 19.1. The molecule has 0 aliphatic heterocycles. The van der Waals surface area contributed by atoms with Crippen molar-refractivity contribution in [2.45, 2.75) is 33.6 Å². The van der Waals surface area contributed by atoms with Crippen LogP contribution >= 0.6 is 0 Å². The molecule has 0 fully saturated rings. The van der Waals surface area contributed by atoms with Crippen LogP contribution in [-0.4, -0.2) is 17.4 Å². The van der Waals surface area contributed by atoms with Gasteiger partial charge in [0.1, 0.15) is 0 Å². The Kier molecular flexibility index (Phi) is 6.62. The van der Waals surface area contributed by atoms with Gasteiger partial charge in [0, 0.05) is 24.4 Å². The predicted octanol–water partition coefficient (Wildman–Crippen LogP) is 4.39. The normalized spacial score (nSPS) is 11.1. The van der Waals surface area contributed by atoms with Gasteiger partial charge in [-0.1, -0.05) is 13.3 Å². The molecular formula is C21H22FN3O. The first-order valence-corrected chi connectivity index (χ1v) is 8.59. The van der Waals surface area contributed by atoms with Crippen LogP contribution in [0.2, 0.25) is 0 Å². The summed E-state index contributed by atoms with van der Waals surface area (Å²) in [6.45, 7) is 6.34. The number of nitrogens with one attached hydrogen (secondary N) is 1. The molecule has 1 aromatic carbocycles. The summed E-state index contributed by atoms with van der Waals surface area (Å²) < 4.78 is 13.5. The average molecular weight is 351 g/mol. The number of hydrogen-bond donors (Lipinski definition) is 1. The van der Waals surface area contributed by atoms with Crippen LogP contribution in [0.3, 0.4) is 0 Å². The minimum Gasteiger partial charge on any atom is -0.352 e. The van der Waals surface area contributed by atoms with Gasteiger partial charge in [-0.15, -0.1) is 0 Å². The molecule has 4 nitrogen and oxygen atoms in total. The number of nitriles is 1. The second kappa shape index (κ2) is 8.91. The molecule has 0 saturated carbocycles. The summed E-state index contributed by atoms with van der Waals surface area (Å²) in [6.07, 6.45) is 5.10. The van der Waals surface area contributed by atoms with E-state index in [-0.39, 0.29) is 5.91 Å². The van der Waals surface area contributed by atoms with Crippen LogP contribution in [0, 0.1) is 24.2 Å². The van der Waals surface area contributed by atoms with Crippen LogP contribution in [-0.2, 0) is 4.79 Å². The van der Waals surface area contributed by atoms with E-state index in [0.29, 0.717) is 23.2 Å². The van der Waals surface area contributed by atoms with E-state index in [9.17, 15) is 14.4 Å². The van der Waals surface area contributed by atoms with Gasteiger partial charge in [-0.3, -0.25) is 4.79 Å². The van der Waals surface area contributed by atoms with Gasteiger partial charge >= 0.3 is 0 Å². The molecule has 0 atom stereocenters. The lowest BCUT2D eigenvalue weighted by Crippen LogP contribution is -2.24. The number of amides is 1. The highest BCUT2D eigenvalue weighted by molar-refractivity contribution is 5.97. The Hall–Kier alpha value is -3.00. The van der Waals surface area contributed by atoms with Crippen molar-refractivity contribution >= 4 is 12.0 Å². The maximum absolute atomic E-state index is 13.5. The molecule has 5 heteroatoms. The zero-order valence-corrected chi connectivity index (χ0v) is 15.3. The molecule has 1 aromatic heterocycles. The van der Waals surface area contributed by atoms with Gasteiger partial charge in [0.25, 0.3) is 0 Å². The Balaban J connectivity index is 2.43. The molecule has 0 spiro atoms. The lowest BCUT2D eigenvalue weighted by molar-refractivity contribution is -0.117. The van der Waals surface area contributed by atoms with Crippen molar-refractivity contribution in [1.29, 1.82) is 5.26 Å². The first-order chi connectivity index (χ1) is 12.5. The van der Waals surface area contributed by atoms with Gasteiger partial charge in [-0.25, -0.2) is 4.98 Å². The topological polar surface area (TPSA) is 65.8 Å². The predicted molar refractivity (Wildman–Crippen MR) is 101 cm³/mol. The number of carbonyl (C=O) groups excluding carboxylic acids is 1. The number of carbonyl (C=O) groups is 1. The van der Waals surface area contributed by atoms with Gasteiger partial charge in [0.2, 0.25) is 11.9 Å². The van der Waals surface area contributed by atoms with Crippen molar-refractivity contribution in [3.63, 3.8) is 0 Å². The molecule has 0 aliphatic carbocycles. The minimum atomic E-state index is -0.576. The number of halogens is 1. The fourth-order valence-electron chi connectivity index (χ4n) is 2.64. The molecule has 1 heterocycles. The van der Waals surface area contributed by atoms with Crippen molar-refractivity contribution < 1.29 is 9.18 Å². The van der Waals surface area contributed by atoms with Crippen LogP contribution in [0.1, 0.15) is 43.4 Å². The summed E-state index contributed by atoms with van der Waals surface area (Å²) in [7, 11) is 0. The second-order valence-electron chi connectivity index (χ2n) is 6.15. The van der Waals surface area contributed by atoms with Crippen molar-refractivity contribution in [2.24, 2.45) is 0 Å². The van der Waals surface area contributed by atoms with Crippen molar-refractivity contribution in [3.05, 3.63) is 58.7 Å². The summed E-state index contributed by atoms with van der Waals surface area (Å²) >= 11 is 0. The van der Waals surface area contributed by atoms with E-state index in [4.69, 9.17) is 0 Å². The van der Waals surface area contributed by atoms with Gasteiger partial charge in [0.05, 0.1) is 11.6 Å². The third kappa shape index (κ3) is 4.76. The van der Waals surface area contributed by atoms with E-state index in [2.05, 4.69) is 23.3 Å². The van der Waals surface area contributed by atoms with E-state index in [1.165, 1.54) is 12.3 Å². The molecule has 2 rings (SSSR count). The Morgan fingerprint density at radius 1 is 1.38 bits per heavy atom. The first kappa shape index (κ1) is 19.3. The van der Waals surface area contributed by atoms with Crippen molar-refractivity contribution in [3.8, 4) is 17.2 Å². The zero-order chi connectivity index (χ0) is 19.1. The molecule has 1 amide bonds. The molecule has 0 radical (unpaired) electrons. The van der Waals surface area contributed by atoms with E-state index >= 15 is 0 Å². The van der Waals surface area contributed by atoms with E-state index < -0.39 is 5.95 Å². The monoisotopic (exact) mass is 351 g/mol. The molecular weight excluding hydrogens is 329 g/mol. The van der Waals surface area contributed by atoms with Crippen LogP contribution in [0.15, 0.2) is 36.0 Å². The molecule has 0 bridgehead atoms. The molecule has 134 valence electrons. The standard InChI is InChI=1S/C21H22FN3O/c1-4-5-7-25-21(26)14(2)9-18-10-16(13-23)11-19(15(18)3)17-6-8-24-20(22)12-17/h6,8-12H,4-5,7H2,1-3H3,(H,25,26)/b14-9+. The van der Waals surface area contributed by atoms with E-state index in [0.717, 1.165) is 29.5 Å². The lowest BCUT2D eigenvalue weighted by atomic mass is 9.93.